The normalized spacial score (nSPS) is 10.5. The molecule has 2 rings (SSSR count). The van der Waals surface area contributed by atoms with E-state index in [1.165, 1.54) is 13.3 Å². The third kappa shape index (κ3) is 4.26. The van der Waals surface area contributed by atoms with Crippen molar-refractivity contribution in [3.8, 4) is 0 Å². The van der Waals surface area contributed by atoms with E-state index in [1.54, 1.807) is 48.5 Å². The number of methoxy groups -OCH3 is 1. The first kappa shape index (κ1) is 15.9. The lowest BCUT2D eigenvalue weighted by Crippen LogP contribution is -2.17. The molecule has 2 aromatic rings. The van der Waals surface area contributed by atoms with Gasteiger partial charge in [-0.25, -0.2) is 10.2 Å². The van der Waals surface area contributed by atoms with Crippen LogP contribution in [-0.4, -0.2) is 25.2 Å². The molecule has 0 unspecified atom stereocenters. The predicted molar refractivity (Wildman–Crippen MR) is 87.0 cm³/mol. The molecule has 0 saturated carbocycles. The minimum atomic E-state index is -0.396. The molecule has 0 aliphatic heterocycles. The van der Waals surface area contributed by atoms with Gasteiger partial charge in [-0.3, -0.25) is 4.79 Å². The van der Waals surface area contributed by atoms with Gasteiger partial charge in [0.2, 0.25) is 0 Å². The number of ether oxygens (including phenoxy) is 1. The number of hydrazone groups is 1. The van der Waals surface area contributed by atoms with Crippen molar-refractivity contribution in [2.24, 2.45) is 5.10 Å². The van der Waals surface area contributed by atoms with E-state index in [4.69, 9.17) is 0 Å². The molecule has 6 heteroatoms. The van der Waals surface area contributed by atoms with Crippen molar-refractivity contribution in [3.63, 3.8) is 0 Å². The van der Waals surface area contributed by atoms with Crippen LogP contribution < -0.4 is 5.43 Å². The summed E-state index contributed by atoms with van der Waals surface area (Å²) in [6, 6.07) is 13.6. The fourth-order valence-corrected chi connectivity index (χ4v) is 1.92. The Morgan fingerprint density at radius 2 is 1.64 bits per heavy atom. The number of carbonyl (C=O) groups is 2. The Balaban J connectivity index is 1.96. The number of halogens is 1. The second-order valence-electron chi connectivity index (χ2n) is 4.32. The number of esters is 1. The van der Waals surface area contributed by atoms with Gasteiger partial charge in [-0.2, -0.15) is 5.10 Å². The highest BCUT2D eigenvalue weighted by Crippen LogP contribution is 2.10. The van der Waals surface area contributed by atoms with Crippen LogP contribution >= 0.6 is 15.9 Å². The largest absolute Gasteiger partial charge is 0.465 e. The predicted octanol–water partition coefficient (Wildman–Crippen LogP) is 3.00. The maximum absolute atomic E-state index is 11.8. The van der Waals surface area contributed by atoms with E-state index in [1.807, 2.05) is 0 Å². The van der Waals surface area contributed by atoms with Crippen LogP contribution in [0.5, 0.6) is 0 Å². The summed E-state index contributed by atoms with van der Waals surface area (Å²) in [7, 11) is 1.33. The van der Waals surface area contributed by atoms with E-state index in [0.717, 1.165) is 10.0 Å². The van der Waals surface area contributed by atoms with Crippen molar-refractivity contribution >= 4 is 34.0 Å². The van der Waals surface area contributed by atoms with Crippen molar-refractivity contribution in [1.29, 1.82) is 0 Å². The number of hydrogen-bond donors (Lipinski definition) is 1. The van der Waals surface area contributed by atoms with Gasteiger partial charge in [-0.1, -0.05) is 28.1 Å². The zero-order valence-electron chi connectivity index (χ0n) is 11.7. The van der Waals surface area contributed by atoms with E-state index in [0.29, 0.717) is 11.1 Å². The highest BCUT2D eigenvalue weighted by molar-refractivity contribution is 9.10. The summed E-state index contributed by atoms with van der Waals surface area (Å²) in [6.45, 7) is 0. The first-order valence-corrected chi connectivity index (χ1v) is 7.17. The van der Waals surface area contributed by atoms with Gasteiger partial charge in [0.25, 0.3) is 5.91 Å². The van der Waals surface area contributed by atoms with Gasteiger partial charge in [-0.15, -0.1) is 0 Å². The molecule has 2 aromatic carbocycles. The van der Waals surface area contributed by atoms with Crippen LogP contribution in [0, 0.1) is 0 Å². The Kier molecular flexibility index (Phi) is 5.43. The quantitative estimate of drug-likeness (QED) is 0.517. The molecule has 112 valence electrons. The molecule has 0 aliphatic rings. The van der Waals surface area contributed by atoms with Gasteiger partial charge in [0, 0.05) is 10.0 Å². The molecule has 0 atom stereocenters. The summed E-state index contributed by atoms with van der Waals surface area (Å²) in [5.74, 6) is -0.693. The Labute approximate surface area is 136 Å². The SMILES string of the molecule is COC(=O)c1ccc(C=NNC(=O)c2ccc(Br)cc2)cc1. The number of hydrogen-bond acceptors (Lipinski definition) is 4. The number of nitrogens with zero attached hydrogens (tertiary/aromatic N) is 1. The maximum Gasteiger partial charge on any atom is 0.337 e. The first-order valence-electron chi connectivity index (χ1n) is 6.37. The van der Waals surface area contributed by atoms with Crippen molar-refractivity contribution < 1.29 is 14.3 Å². The van der Waals surface area contributed by atoms with E-state index in [9.17, 15) is 9.59 Å². The third-order valence-corrected chi connectivity index (χ3v) is 3.35. The number of nitrogens with one attached hydrogen (secondary N) is 1. The lowest BCUT2D eigenvalue weighted by molar-refractivity contribution is 0.0600. The standard InChI is InChI=1S/C16H13BrN2O3/c1-22-16(21)13-4-2-11(3-5-13)10-18-19-15(20)12-6-8-14(17)9-7-12/h2-10H,1H3,(H,19,20). The molecule has 0 radical (unpaired) electrons. The third-order valence-electron chi connectivity index (χ3n) is 2.82. The van der Waals surface area contributed by atoms with Crippen LogP contribution in [0.3, 0.4) is 0 Å². The van der Waals surface area contributed by atoms with Gasteiger partial charge in [-0.05, 0) is 42.0 Å². The highest BCUT2D eigenvalue weighted by Gasteiger charge is 2.04. The lowest BCUT2D eigenvalue weighted by atomic mass is 10.1. The molecule has 0 aromatic heterocycles. The Morgan fingerprint density at radius 1 is 1.05 bits per heavy atom. The van der Waals surface area contributed by atoms with E-state index >= 15 is 0 Å². The van der Waals surface area contributed by atoms with Gasteiger partial charge < -0.3 is 4.74 Å². The van der Waals surface area contributed by atoms with Crippen LogP contribution in [0.4, 0.5) is 0 Å². The summed E-state index contributed by atoms with van der Waals surface area (Å²) >= 11 is 3.30. The van der Waals surface area contributed by atoms with Crippen LogP contribution in [0.25, 0.3) is 0 Å². The molecule has 1 amide bonds. The molecular weight excluding hydrogens is 348 g/mol. The van der Waals surface area contributed by atoms with Gasteiger partial charge in [0.05, 0.1) is 18.9 Å². The lowest BCUT2D eigenvalue weighted by Gasteiger charge is -2.01. The fourth-order valence-electron chi connectivity index (χ4n) is 1.65. The number of carbonyl (C=O) groups excluding carboxylic acids is 2. The molecular formula is C16H13BrN2O3. The van der Waals surface area contributed by atoms with Gasteiger partial charge in [0.1, 0.15) is 0 Å². The molecule has 0 spiro atoms. The van der Waals surface area contributed by atoms with Crippen LogP contribution in [-0.2, 0) is 4.74 Å². The Morgan fingerprint density at radius 3 is 2.23 bits per heavy atom. The van der Waals surface area contributed by atoms with Gasteiger partial charge >= 0.3 is 5.97 Å². The average molecular weight is 361 g/mol. The summed E-state index contributed by atoms with van der Waals surface area (Å²) < 4.78 is 5.51. The number of benzene rings is 2. The zero-order chi connectivity index (χ0) is 15.9. The van der Waals surface area contributed by atoms with E-state index in [-0.39, 0.29) is 5.91 Å². The molecule has 1 N–H and O–H groups in total. The van der Waals surface area contributed by atoms with Crippen LogP contribution in [0.2, 0.25) is 0 Å². The summed E-state index contributed by atoms with van der Waals surface area (Å²) in [4.78, 5) is 23.1. The van der Waals surface area contributed by atoms with Crippen molar-refractivity contribution in [1.82, 2.24) is 5.43 Å². The summed E-state index contributed by atoms with van der Waals surface area (Å²) in [5.41, 5.74) is 4.16. The smallest absolute Gasteiger partial charge is 0.337 e. The van der Waals surface area contributed by atoms with Crippen LogP contribution in [0.1, 0.15) is 26.3 Å². The second kappa shape index (κ2) is 7.51. The molecule has 22 heavy (non-hydrogen) atoms. The molecule has 0 fully saturated rings. The topological polar surface area (TPSA) is 67.8 Å². The number of amides is 1. The minimum absolute atomic E-state index is 0.296. The molecule has 0 bridgehead atoms. The summed E-state index contributed by atoms with van der Waals surface area (Å²) in [5, 5.41) is 3.88. The van der Waals surface area contributed by atoms with E-state index in [2.05, 4.69) is 31.2 Å². The summed E-state index contributed by atoms with van der Waals surface area (Å²) in [6.07, 6.45) is 1.50. The van der Waals surface area contributed by atoms with E-state index < -0.39 is 5.97 Å². The molecule has 5 nitrogen and oxygen atoms in total. The van der Waals surface area contributed by atoms with Crippen molar-refractivity contribution in [2.45, 2.75) is 0 Å². The Bertz CT molecular complexity index is 694. The zero-order valence-corrected chi connectivity index (χ0v) is 13.3. The second-order valence-corrected chi connectivity index (χ2v) is 5.24. The monoisotopic (exact) mass is 360 g/mol. The van der Waals surface area contributed by atoms with Crippen molar-refractivity contribution in [3.05, 3.63) is 69.7 Å². The maximum atomic E-state index is 11.8. The minimum Gasteiger partial charge on any atom is -0.465 e. The van der Waals surface area contributed by atoms with Crippen molar-refractivity contribution in [2.75, 3.05) is 7.11 Å². The molecule has 0 heterocycles. The molecule has 0 saturated heterocycles. The van der Waals surface area contributed by atoms with Crippen LogP contribution in [0.15, 0.2) is 58.1 Å². The number of rotatable bonds is 4. The average Bonchev–Trinajstić information content (AvgIpc) is 2.55. The van der Waals surface area contributed by atoms with Gasteiger partial charge in [0.15, 0.2) is 0 Å². The fraction of sp³-hybridized carbons (Fsp3) is 0.0625. The Hall–Kier alpha value is -2.47. The highest BCUT2D eigenvalue weighted by atomic mass is 79.9. The molecule has 0 aliphatic carbocycles. The first-order chi connectivity index (χ1) is 10.6.